The van der Waals surface area contributed by atoms with Gasteiger partial charge in [-0.1, -0.05) is 39.7 Å². The van der Waals surface area contributed by atoms with Crippen molar-refractivity contribution >= 4 is 37.3 Å². The highest BCUT2D eigenvalue weighted by Crippen LogP contribution is 2.30. The van der Waals surface area contributed by atoms with Crippen LogP contribution in [0.15, 0.2) is 47.4 Å². The summed E-state index contributed by atoms with van der Waals surface area (Å²) in [6.45, 7) is 1.85. The Morgan fingerprint density at radius 3 is 2.36 bits per heavy atom. The summed E-state index contributed by atoms with van der Waals surface area (Å²) in [5.41, 5.74) is 1.27. The molecule has 0 saturated heterocycles. The van der Waals surface area contributed by atoms with E-state index in [1.807, 2.05) is 6.92 Å². The van der Waals surface area contributed by atoms with Gasteiger partial charge in [0.1, 0.15) is 0 Å². The van der Waals surface area contributed by atoms with Crippen molar-refractivity contribution in [2.24, 2.45) is 0 Å². The Balaban J connectivity index is 2.44. The Labute approximate surface area is 136 Å². The molecular formula is C14H13BrN2O4S. The van der Waals surface area contributed by atoms with E-state index in [0.29, 0.717) is 0 Å². The number of rotatable bonds is 5. The lowest BCUT2D eigenvalue weighted by molar-refractivity contribution is -0.385. The lowest BCUT2D eigenvalue weighted by Gasteiger charge is -2.11. The van der Waals surface area contributed by atoms with Crippen LogP contribution in [0.25, 0.3) is 0 Å². The predicted molar refractivity (Wildman–Crippen MR) is 87.7 cm³/mol. The normalized spacial score (nSPS) is 11.2. The van der Waals surface area contributed by atoms with Crippen LogP contribution in [-0.4, -0.2) is 13.3 Å². The summed E-state index contributed by atoms with van der Waals surface area (Å²) in [5.74, 6) is 0. The van der Waals surface area contributed by atoms with Crippen LogP contribution in [0.4, 0.5) is 11.4 Å². The van der Waals surface area contributed by atoms with Gasteiger partial charge in [-0.15, -0.1) is 0 Å². The van der Waals surface area contributed by atoms with Crippen LogP contribution >= 0.6 is 15.9 Å². The average molecular weight is 385 g/mol. The number of benzene rings is 2. The summed E-state index contributed by atoms with van der Waals surface area (Å²) < 4.78 is 27.1. The molecule has 2 rings (SSSR count). The first-order valence-corrected chi connectivity index (χ1v) is 8.87. The molecule has 8 heteroatoms. The Morgan fingerprint density at radius 1 is 1.18 bits per heavy atom. The molecule has 22 heavy (non-hydrogen) atoms. The molecule has 0 unspecified atom stereocenters. The van der Waals surface area contributed by atoms with Crippen molar-refractivity contribution in [3.8, 4) is 0 Å². The van der Waals surface area contributed by atoms with Gasteiger partial charge >= 0.3 is 0 Å². The van der Waals surface area contributed by atoms with Crippen molar-refractivity contribution in [2.45, 2.75) is 17.1 Å². The Bertz CT molecular complexity index is 804. The maximum absolute atomic E-state index is 12.4. The molecule has 0 atom stereocenters. The van der Waals surface area contributed by atoms with Crippen LogP contribution in [0.2, 0.25) is 0 Å². The van der Waals surface area contributed by atoms with Crippen LogP contribution in [0, 0.1) is 17.0 Å². The highest BCUT2D eigenvalue weighted by atomic mass is 79.9. The Morgan fingerprint density at radius 2 is 1.82 bits per heavy atom. The molecule has 0 amide bonds. The van der Waals surface area contributed by atoms with Gasteiger partial charge in [0, 0.05) is 11.4 Å². The van der Waals surface area contributed by atoms with Gasteiger partial charge in [-0.2, -0.15) is 0 Å². The van der Waals surface area contributed by atoms with Crippen LogP contribution in [0.5, 0.6) is 0 Å². The molecule has 0 aliphatic heterocycles. The van der Waals surface area contributed by atoms with Gasteiger partial charge < -0.3 is 0 Å². The first kappa shape index (κ1) is 16.4. The molecule has 1 N–H and O–H groups in total. The SMILES string of the molecule is Cc1ccc(S(=O)(=O)Nc2cccc([N+](=O)[O-])c2CBr)cc1. The highest BCUT2D eigenvalue weighted by molar-refractivity contribution is 9.08. The Kier molecular flexibility index (Phi) is 4.82. The lowest BCUT2D eigenvalue weighted by atomic mass is 10.2. The van der Waals surface area contributed by atoms with Crippen molar-refractivity contribution in [3.05, 3.63) is 63.7 Å². The monoisotopic (exact) mass is 384 g/mol. The molecule has 0 heterocycles. The molecule has 0 aromatic heterocycles. The molecule has 2 aromatic rings. The van der Waals surface area contributed by atoms with Gasteiger partial charge in [0.15, 0.2) is 0 Å². The number of anilines is 1. The van der Waals surface area contributed by atoms with Crippen LogP contribution in [-0.2, 0) is 15.4 Å². The second-order valence-corrected chi connectivity index (χ2v) is 6.86. The van der Waals surface area contributed by atoms with E-state index in [2.05, 4.69) is 20.7 Å². The van der Waals surface area contributed by atoms with E-state index in [4.69, 9.17) is 0 Å². The van der Waals surface area contributed by atoms with E-state index in [0.717, 1.165) is 5.56 Å². The van der Waals surface area contributed by atoms with E-state index in [9.17, 15) is 18.5 Å². The molecule has 0 bridgehead atoms. The zero-order valence-electron chi connectivity index (χ0n) is 11.6. The van der Waals surface area contributed by atoms with E-state index < -0.39 is 14.9 Å². The van der Waals surface area contributed by atoms with Gasteiger partial charge in [-0.25, -0.2) is 8.42 Å². The highest BCUT2D eigenvalue weighted by Gasteiger charge is 2.21. The topological polar surface area (TPSA) is 89.3 Å². The fraction of sp³-hybridized carbons (Fsp3) is 0.143. The molecule has 0 saturated carbocycles. The third-order valence-corrected chi connectivity index (χ3v) is 5.00. The average Bonchev–Trinajstić information content (AvgIpc) is 2.47. The van der Waals surface area contributed by atoms with Gasteiger partial charge in [0.25, 0.3) is 15.7 Å². The minimum atomic E-state index is -3.80. The van der Waals surface area contributed by atoms with E-state index >= 15 is 0 Å². The van der Waals surface area contributed by atoms with E-state index in [1.54, 1.807) is 12.1 Å². The summed E-state index contributed by atoms with van der Waals surface area (Å²) in [6, 6.07) is 10.6. The van der Waals surface area contributed by atoms with Gasteiger partial charge in [-0.05, 0) is 25.1 Å². The van der Waals surface area contributed by atoms with Gasteiger partial charge in [0.2, 0.25) is 0 Å². The van der Waals surface area contributed by atoms with Crippen molar-refractivity contribution in [1.29, 1.82) is 0 Å². The second kappa shape index (κ2) is 6.45. The zero-order valence-corrected chi connectivity index (χ0v) is 14.0. The van der Waals surface area contributed by atoms with Crippen LogP contribution < -0.4 is 4.72 Å². The number of hydrogen-bond donors (Lipinski definition) is 1. The van der Waals surface area contributed by atoms with Gasteiger partial charge in [0.05, 0.1) is 21.1 Å². The maximum Gasteiger partial charge on any atom is 0.275 e. The number of aryl methyl sites for hydroxylation is 1. The summed E-state index contributed by atoms with van der Waals surface area (Å²) in [5, 5.41) is 11.2. The Hall–Kier alpha value is -1.93. The largest absolute Gasteiger partial charge is 0.279 e. The molecule has 6 nitrogen and oxygen atoms in total. The summed E-state index contributed by atoms with van der Waals surface area (Å²) >= 11 is 3.16. The van der Waals surface area contributed by atoms with E-state index in [1.165, 1.54) is 30.3 Å². The lowest BCUT2D eigenvalue weighted by Crippen LogP contribution is -2.14. The number of hydrogen-bond acceptors (Lipinski definition) is 4. The third kappa shape index (κ3) is 3.45. The molecule has 0 radical (unpaired) electrons. The second-order valence-electron chi connectivity index (χ2n) is 4.61. The fourth-order valence-electron chi connectivity index (χ4n) is 1.90. The summed E-state index contributed by atoms with van der Waals surface area (Å²) in [7, 11) is -3.80. The van der Waals surface area contributed by atoms with Crippen LogP contribution in [0.1, 0.15) is 11.1 Å². The third-order valence-electron chi connectivity index (χ3n) is 3.06. The maximum atomic E-state index is 12.4. The first-order chi connectivity index (χ1) is 10.3. The summed E-state index contributed by atoms with van der Waals surface area (Å²) in [4.78, 5) is 10.6. The number of nitro benzene ring substituents is 1. The minimum absolute atomic E-state index is 0.102. The van der Waals surface area contributed by atoms with Crippen molar-refractivity contribution in [3.63, 3.8) is 0 Å². The molecule has 0 aliphatic carbocycles. The van der Waals surface area contributed by atoms with Crippen molar-refractivity contribution < 1.29 is 13.3 Å². The number of sulfonamides is 1. The van der Waals surface area contributed by atoms with Crippen molar-refractivity contribution in [1.82, 2.24) is 0 Å². The smallest absolute Gasteiger partial charge is 0.275 e. The molecule has 0 spiro atoms. The first-order valence-electron chi connectivity index (χ1n) is 6.27. The molecular weight excluding hydrogens is 372 g/mol. The molecule has 0 aliphatic rings. The van der Waals surface area contributed by atoms with E-state index in [-0.39, 0.29) is 27.2 Å². The van der Waals surface area contributed by atoms with Crippen LogP contribution in [0.3, 0.4) is 0 Å². The minimum Gasteiger partial charge on any atom is -0.279 e. The number of nitrogens with zero attached hydrogens (tertiary/aromatic N) is 1. The predicted octanol–water partition coefficient (Wildman–Crippen LogP) is 3.60. The molecule has 2 aromatic carbocycles. The standard InChI is InChI=1S/C14H13BrN2O4S/c1-10-5-7-11(8-6-10)22(20,21)16-13-3-2-4-14(17(18)19)12(13)9-15/h2-8,16H,9H2,1H3. The number of alkyl halides is 1. The van der Waals surface area contributed by atoms with Crippen molar-refractivity contribution in [2.75, 3.05) is 4.72 Å². The number of nitro groups is 1. The number of nitrogens with one attached hydrogen (secondary N) is 1. The number of halogens is 1. The molecule has 0 fully saturated rings. The van der Waals surface area contributed by atoms with Gasteiger partial charge in [-0.3, -0.25) is 14.8 Å². The fourth-order valence-corrected chi connectivity index (χ4v) is 3.59. The quantitative estimate of drug-likeness (QED) is 0.484. The zero-order chi connectivity index (χ0) is 16.3. The summed E-state index contributed by atoms with van der Waals surface area (Å²) in [6.07, 6.45) is 0. The molecule has 116 valence electrons.